The Labute approximate surface area is 183 Å². The molecule has 1 aliphatic heterocycles. The fourth-order valence-electron chi connectivity index (χ4n) is 3.46. The third-order valence-corrected chi connectivity index (χ3v) is 6.55. The number of alkyl halides is 3. The van der Waals surface area contributed by atoms with Crippen LogP contribution in [-0.2, 0) is 25.7 Å². The Balaban J connectivity index is 1.81. The molecule has 2 aromatic rings. The smallest absolute Gasteiger partial charge is 0.416 e. The zero-order valence-electron chi connectivity index (χ0n) is 17.1. The lowest BCUT2D eigenvalue weighted by Crippen LogP contribution is -2.40. The molecule has 11 heteroatoms. The van der Waals surface area contributed by atoms with Gasteiger partial charge in [0.15, 0.2) is 0 Å². The van der Waals surface area contributed by atoms with Crippen LogP contribution in [0.4, 0.5) is 18.9 Å². The minimum absolute atomic E-state index is 0.0509. The first-order chi connectivity index (χ1) is 15.0. The van der Waals surface area contributed by atoms with Gasteiger partial charge >= 0.3 is 12.1 Å². The molecule has 0 spiro atoms. The van der Waals surface area contributed by atoms with Crippen LogP contribution in [-0.4, -0.2) is 45.4 Å². The van der Waals surface area contributed by atoms with Gasteiger partial charge in [-0.2, -0.15) is 13.2 Å². The summed E-state index contributed by atoms with van der Waals surface area (Å²) in [6.45, 7) is 0.570. The number of para-hydroxylation sites is 1. The molecule has 1 aliphatic rings. The number of halogens is 3. The van der Waals surface area contributed by atoms with Gasteiger partial charge in [0, 0.05) is 13.1 Å². The number of carbonyl (C=O) groups is 2. The molecular weight excluding hydrogens is 449 g/mol. The lowest BCUT2D eigenvalue weighted by Gasteiger charge is -2.31. The summed E-state index contributed by atoms with van der Waals surface area (Å²) in [5.74, 6) is -1.10. The molecule has 0 radical (unpaired) electrons. The van der Waals surface area contributed by atoms with Crippen molar-refractivity contribution >= 4 is 27.6 Å². The van der Waals surface area contributed by atoms with Crippen molar-refractivity contribution in [1.29, 1.82) is 0 Å². The Morgan fingerprint density at radius 3 is 2.34 bits per heavy atom. The van der Waals surface area contributed by atoms with Crippen LogP contribution in [0.25, 0.3) is 0 Å². The number of methoxy groups -OCH3 is 1. The zero-order chi connectivity index (χ0) is 23.5. The summed E-state index contributed by atoms with van der Waals surface area (Å²) >= 11 is 0. The quantitative estimate of drug-likeness (QED) is 0.675. The Kier molecular flexibility index (Phi) is 6.77. The van der Waals surface area contributed by atoms with Gasteiger partial charge in [0.1, 0.15) is 0 Å². The summed E-state index contributed by atoms with van der Waals surface area (Å²) in [5, 5.41) is 0. The van der Waals surface area contributed by atoms with Gasteiger partial charge in [0.25, 0.3) is 15.9 Å². The molecule has 0 bridgehead atoms. The molecule has 0 unspecified atom stereocenters. The molecule has 7 nitrogen and oxygen atoms in total. The van der Waals surface area contributed by atoms with E-state index in [1.165, 1.54) is 30.2 Å². The highest BCUT2D eigenvalue weighted by molar-refractivity contribution is 7.92. The van der Waals surface area contributed by atoms with Crippen LogP contribution < -0.4 is 4.72 Å². The highest BCUT2D eigenvalue weighted by atomic mass is 32.2. The topological polar surface area (TPSA) is 92.8 Å². The normalized spacial score (nSPS) is 15.3. The number of likely N-dealkylation sites (tertiary alicyclic amines) is 1. The number of amides is 1. The van der Waals surface area contributed by atoms with Crippen LogP contribution >= 0.6 is 0 Å². The molecule has 172 valence electrons. The molecule has 0 saturated carbocycles. The second-order valence-corrected chi connectivity index (χ2v) is 8.95. The highest BCUT2D eigenvalue weighted by Gasteiger charge is 2.32. The minimum atomic E-state index is -4.70. The predicted molar refractivity (Wildman–Crippen MR) is 109 cm³/mol. The number of anilines is 1. The molecule has 1 saturated heterocycles. The van der Waals surface area contributed by atoms with E-state index >= 15 is 0 Å². The van der Waals surface area contributed by atoms with Crippen molar-refractivity contribution in [2.45, 2.75) is 23.9 Å². The van der Waals surface area contributed by atoms with Crippen LogP contribution in [0.1, 0.15) is 28.8 Å². The van der Waals surface area contributed by atoms with Gasteiger partial charge in [-0.05, 0) is 43.2 Å². The summed E-state index contributed by atoms with van der Waals surface area (Å²) in [5.41, 5.74) is -1.09. The Hall–Kier alpha value is -3.08. The molecule has 32 heavy (non-hydrogen) atoms. The van der Waals surface area contributed by atoms with Crippen LogP contribution in [0.3, 0.4) is 0 Å². The van der Waals surface area contributed by atoms with Gasteiger partial charge in [0.2, 0.25) is 0 Å². The maximum absolute atomic E-state index is 13.0. The summed E-state index contributed by atoms with van der Waals surface area (Å²) in [7, 11) is -3.09. The van der Waals surface area contributed by atoms with E-state index in [1.807, 2.05) is 0 Å². The van der Waals surface area contributed by atoms with Crippen molar-refractivity contribution in [1.82, 2.24) is 4.90 Å². The molecule has 0 atom stereocenters. The highest BCUT2D eigenvalue weighted by Crippen LogP contribution is 2.31. The van der Waals surface area contributed by atoms with E-state index in [-0.39, 0.29) is 36.2 Å². The van der Waals surface area contributed by atoms with Gasteiger partial charge in [-0.25, -0.2) is 8.42 Å². The number of rotatable bonds is 5. The molecule has 1 fully saturated rings. The number of hydrogen-bond acceptors (Lipinski definition) is 5. The SMILES string of the molecule is COC(=O)C1CCN(C(=O)c2ccccc2NS(=O)(=O)c2cccc(C(F)(F)F)c2)CC1. The summed E-state index contributed by atoms with van der Waals surface area (Å²) in [6.07, 6.45) is -3.87. The first-order valence-electron chi connectivity index (χ1n) is 9.69. The van der Waals surface area contributed by atoms with Crippen molar-refractivity contribution in [2.24, 2.45) is 5.92 Å². The average Bonchev–Trinajstić information content (AvgIpc) is 2.78. The fraction of sp³-hybridized carbons (Fsp3) is 0.333. The van der Waals surface area contributed by atoms with E-state index in [0.717, 1.165) is 18.2 Å². The maximum atomic E-state index is 13.0. The van der Waals surface area contributed by atoms with Gasteiger partial charge in [0.05, 0.1) is 34.7 Å². The molecular formula is C21H21F3N2O5S. The first kappa shape index (κ1) is 23.6. The van der Waals surface area contributed by atoms with Crippen LogP contribution in [0, 0.1) is 5.92 Å². The average molecular weight is 470 g/mol. The minimum Gasteiger partial charge on any atom is -0.469 e. The number of piperidine rings is 1. The van der Waals surface area contributed by atoms with Gasteiger partial charge in [-0.3, -0.25) is 14.3 Å². The van der Waals surface area contributed by atoms with Crippen molar-refractivity contribution in [3.63, 3.8) is 0 Å². The number of sulfonamides is 1. The molecule has 1 amide bonds. The largest absolute Gasteiger partial charge is 0.469 e. The molecule has 1 N–H and O–H groups in total. The van der Waals surface area contributed by atoms with Crippen molar-refractivity contribution in [3.8, 4) is 0 Å². The monoisotopic (exact) mass is 470 g/mol. The van der Waals surface area contributed by atoms with E-state index in [4.69, 9.17) is 4.74 Å². The molecule has 3 rings (SSSR count). The Morgan fingerprint density at radius 1 is 1.06 bits per heavy atom. The molecule has 2 aromatic carbocycles. The number of carbonyl (C=O) groups excluding carboxylic acids is 2. The van der Waals surface area contributed by atoms with Gasteiger partial charge < -0.3 is 9.64 Å². The standard InChI is InChI=1S/C21H21F3N2O5S/c1-31-20(28)14-9-11-26(12-10-14)19(27)17-7-2-3-8-18(17)25-32(29,30)16-6-4-5-15(13-16)21(22,23)24/h2-8,13-14,25H,9-12H2,1H3. The third kappa shape index (κ3) is 5.21. The lowest BCUT2D eigenvalue weighted by molar-refractivity contribution is -0.146. The fourth-order valence-corrected chi connectivity index (χ4v) is 4.58. The lowest BCUT2D eigenvalue weighted by atomic mass is 9.96. The summed E-state index contributed by atoms with van der Waals surface area (Å²) in [6, 6.07) is 9.19. The second kappa shape index (κ2) is 9.19. The van der Waals surface area contributed by atoms with Crippen LogP contribution in [0.5, 0.6) is 0 Å². The van der Waals surface area contributed by atoms with Gasteiger partial charge in [-0.15, -0.1) is 0 Å². The number of nitrogens with zero attached hydrogens (tertiary/aromatic N) is 1. The summed E-state index contributed by atoms with van der Waals surface area (Å²) in [4.78, 5) is 25.6. The van der Waals surface area contributed by atoms with Crippen molar-refractivity contribution in [2.75, 3.05) is 24.9 Å². The van der Waals surface area contributed by atoms with E-state index in [0.29, 0.717) is 18.9 Å². The number of benzene rings is 2. The number of esters is 1. The molecule has 0 aromatic heterocycles. The predicted octanol–water partition coefficient (Wildman–Crippen LogP) is 3.53. The van der Waals surface area contributed by atoms with E-state index in [2.05, 4.69) is 4.72 Å². The van der Waals surface area contributed by atoms with E-state index in [1.54, 1.807) is 6.07 Å². The van der Waals surface area contributed by atoms with E-state index < -0.39 is 32.6 Å². The Morgan fingerprint density at radius 2 is 1.72 bits per heavy atom. The Bertz CT molecular complexity index is 1110. The molecule has 0 aliphatic carbocycles. The first-order valence-corrected chi connectivity index (χ1v) is 11.2. The second-order valence-electron chi connectivity index (χ2n) is 7.27. The van der Waals surface area contributed by atoms with Gasteiger partial charge in [-0.1, -0.05) is 18.2 Å². The van der Waals surface area contributed by atoms with Crippen molar-refractivity contribution < 1.29 is 35.9 Å². The number of nitrogens with one attached hydrogen (secondary N) is 1. The zero-order valence-corrected chi connectivity index (χ0v) is 17.9. The summed E-state index contributed by atoms with van der Waals surface area (Å²) < 4.78 is 71.3. The maximum Gasteiger partial charge on any atom is 0.416 e. The van der Waals surface area contributed by atoms with Crippen molar-refractivity contribution in [3.05, 3.63) is 59.7 Å². The number of hydrogen-bond donors (Lipinski definition) is 1. The third-order valence-electron chi connectivity index (χ3n) is 5.19. The van der Waals surface area contributed by atoms with Crippen LogP contribution in [0.15, 0.2) is 53.4 Å². The number of ether oxygens (including phenoxy) is 1. The molecule has 1 heterocycles. The van der Waals surface area contributed by atoms with E-state index in [9.17, 15) is 31.2 Å². The van der Waals surface area contributed by atoms with Crippen LogP contribution in [0.2, 0.25) is 0 Å².